The molecule has 0 amide bonds. The number of hydrogen-bond acceptors (Lipinski definition) is 7. The molecule has 1 aromatic carbocycles. The molecule has 4 rings (SSSR count). The van der Waals surface area contributed by atoms with E-state index in [0.29, 0.717) is 18.6 Å². The minimum Gasteiger partial charge on any atom is -0.478 e. The number of hydrogen-bond donors (Lipinski definition) is 0. The molecule has 50 heavy (non-hydrogen) atoms. The van der Waals surface area contributed by atoms with Crippen LogP contribution >= 0.6 is 0 Å². The molecule has 0 spiro atoms. The Kier molecular flexibility index (Phi) is 12.8. The van der Waals surface area contributed by atoms with Gasteiger partial charge in [0.15, 0.2) is 22.7 Å². The van der Waals surface area contributed by atoms with Gasteiger partial charge in [0, 0.05) is 24.7 Å². The van der Waals surface area contributed by atoms with E-state index in [0.717, 1.165) is 19.3 Å². The van der Waals surface area contributed by atoms with Gasteiger partial charge in [-0.25, -0.2) is 4.79 Å². The van der Waals surface area contributed by atoms with Crippen LogP contribution in [0.4, 0.5) is 0 Å². The number of para-hydroxylation sites is 1. The maximum Gasteiger partial charge on any atom is 0.347 e. The summed E-state index contributed by atoms with van der Waals surface area (Å²) in [5.74, 6) is 0.522. The molecule has 280 valence electrons. The van der Waals surface area contributed by atoms with Crippen molar-refractivity contribution < 1.29 is 32.7 Å². The highest BCUT2D eigenvalue weighted by atomic mass is 28.4. The molecule has 0 saturated carbocycles. The van der Waals surface area contributed by atoms with Crippen LogP contribution in [0.3, 0.4) is 0 Å². The first-order valence-electron chi connectivity index (χ1n) is 18.9. The second kappa shape index (κ2) is 15.8. The van der Waals surface area contributed by atoms with Crippen LogP contribution in [0.1, 0.15) is 94.4 Å². The summed E-state index contributed by atoms with van der Waals surface area (Å²) in [6, 6.07) is 9.49. The van der Waals surface area contributed by atoms with Gasteiger partial charge in [0.1, 0.15) is 18.0 Å². The van der Waals surface area contributed by atoms with Gasteiger partial charge in [-0.05, 0) is 78.6 Å². The summed E-state index contributed by atoms with van der Waals surface area (Å²) in [6.07, 6.45) is 8.43. The van der Waals surface area contributed by atoms with Crippen molar-refractivity contribution in [1.82, 2.24) is 0 Å². The minimum atomic E-state index is -2.11. The molecule has 1 saturated heterocycles. The highest BCUT2D eigenvalue weighted by Crippen LogP contribution is 2.47. The summed E-state index contributed by atoms with van der Waals surface area (Å²) < 4.78 is 32.4. The predicted molar refractivity (Wildman–Crippen MR) is 206 cm³/mol. The second-order valence-electron chi connectivity index (χ2n) is 18.4. The van der Waals surface area contributed by atoms with E-state index in [-0.39, 0.29) is 70.1 Å². The topological polar surface area (TPSA) is 80.3 Å². The third kappa shape index (κ3) is 10.0. The third-order valence-corrected chi connectivity index (χ3v) is 21.1. The number of fused-ring (bicyclic) bond motifs is 1. The Morgan fingerprint density at radius 1 is 0.920 bits per heavy atom. The normalized spacial score (nSPS) is 28.4. The largest absolute Gasteiger partial charge is 0.478 e. The molecule has 8 atom stereocenters. The zero-order chi connectivity index (χ0) is 37.2. The number of rotatable bonds is 12. The molecule has 0 aromatic heterocycles. The number of esters is 2. The number of carbonyl (C=O) groups excluding carboxylic acids is 2. The maximum absolute atomic E-state index is 14.0. The molecular weight excluding hydrogens is 661 g/mol. The Bertz CT molecular complexity index is 1370. The highest BCUT2D eigenvalue weighted by molar-refractivity contribution is 6.74. The van der Waals surface area contributed by atoms with Crippen LogP contribution in [0.15, 0.2) is 54.1 Å². The van der Waals surface area contributed by atoms with Gasteiger partial charge >= 0.3 is 11.9 Å². The summed E-state index contributed by atoms with van der Waals surface area (Å²) in [7, 11) is -4.15. The van der Waals surface area contributed by atoms with E-state index >= 15 is 0 Å². The summed E-state index contributed by atoms with van der Waals surface area (Å²) in [5.41, 5.74) is 1.17. The fourth-order valence-electron chi connectivity index (χ4n) is 7.01. The molecule has 9 heteroatoms. The van der Waals surface area contributed by atoms with E-state index in [1.807, 2.05) is 44.2 Å². The standard InChI is InChI=1S/C41H66O7Si2/c1-27(2)38(45-30-17-15-14-16-18-30)39(43)46-35-25-32(47-49(10,11)40(4,5)6)23-29-20-19-28(3)34(37(29)35)22-21-31-24-33(26-36(42)44-31)48-50(12,13)41(7,8)9/h14-20,23,27-28,31-35,37-38H,21-22,24-26H2,1-13H3/t28-,31+,32+,33+,34-,35-,37-,38?/m0/s1. The number of allylic oxidation sites excluding steroid dienone is 2. The first-order chi connectivity index (χ1) is 23.1. The van der Waals surface area contributed by atoms with Crippen LogP contribution in [0, 0.1) is 23.7 Å². The molecule has 0 N–H and O–H groups in total. The van der Waals surface area contributed by atoms with Crippen molar-refractivity contribution in [2.24, 2.45) is 23.7 Å². The fourth-order valence-corrected chi connectivity index (χ4v) is 9.65. The van der Waals surface area contributed by atoms with Crippen LogP contribution in [-0.4, -0.2) is 59.1 Å². The van der Waals surface area contributed by atoms with Crippen molar-refractivity contribution in [1.29, 1.82) is 0 Å². The Morgan fingerprint density at radius 2 is 1.54 bits per heavy atom. The molecule has 3 aliphatic rings. The van der Waals surface area contributed by atoms with Gasteiger partial charge in [0.05, 0.1) is 18.6 Å². The molecule has 7 nitrogen and oxygen atoms in total. The van der Waals surface area contributed by atoms with Crippen LogP contribution in [0.25, 0.3) is 0 Å². The smallest absolute Gasteiger partial charge is 0.347 e. The highest BCUT2D eigenvalue weighted by Gasteiger charge is 2.47. The van der Waals surface area contributed by atoms with Crippen molar-refractivity contribution in [3.05, 3.63) is 54.1 Å². The lowest BCUT2D eigenvalue weighted by atomic mass is 9.66. The van der Waals surface area contributed by atoms with Gasteiger partial charge in [0.25, 0.3) is 0 Å². The first-order valence-corrected chi connectivity index (χ1v) is 24.8. The van der Waals surface area contributed by atoms with Crippen molar-refractivity contribution in [3.63, 3.8) is 0 Å². The van der Waals surface area contributed by atoms with Gasteiger partial charge in [-0.1, -0.05) is 98.7 Å². The van der Waals surface area contributed by atoms with Crippen LogP contribution in [-0.2, 0) is 27.9 Å². The predicted octanol–water partition coefficient (Wildman–Crippen LogP) is 10.0. The summed E-state index contributed by atoms with van der Waals surface area (Å²) in [6.45, 7) is 28.7. The zero-order valence-electron chi connectivity index (χ0n) is 33.2. The molecule has 1 aromatic rings. The van der Waals surface area contributed by atoms with Crippen molar-refractivity contribution >= 4 is 28.6 Å². The lowest BCUT2D eigenvalue weighted by Gasteiger charge is -2.46. The molecule has 1 unspecified atom stereocenters. The van der Waals surface area contributed by atoms with Crippen molar-refractivity contribution in [3.8, 4) is 5.75 Å². The number of carbonyl (C=O) groups is 2. The van der Waals surface area contributed by atoms with Crippen molar-refractivity contribution in [2.75, 3.05) is 0 Å². The Balaban J connectivity index is 1.58. The average molecular weight is 727 g/mol. The molecule has 1 aliphatic heterocycles. The lowest BCUT2D eigenvalue weighted by Crippen LogP contribution is -2.49. The molecular formula is C41H66O7Si2. The molecule has 1 heterocycles. The van der Waals surface area contributed by atoms with E-state index in [9.17, 15) is 9.59 Å². The lowest BCUT2D eigenvalue weighted by molar-refractivity contribution is -0.166. The Morgan fingerprint density at radius 3 is 2.14 bits per heavy atom. The minimum absolute atomic E-state index is 0.00123. The van der Waals surface area contributed by atoms with E-state index < -0.39 is 22.7 Å². The quantitative estimate of drug-likeness (QED) is 0.157. The first kappa shape index (κ1) is 40.6. The van der Waals surface area contributed by atoms with E-state index in [1.54, 1.807) is 0 Å². The molecule has 1 fully saturated rings. The Hall–Kier alpha value is -2.21. The van der Waals surface area contributed by atoms with E-state index in [2.05, 4.69) is 92.9 Å². The zero-order valence-corrected chi connectivity index (χ0v) is 35.2. The summed E-state index contributed by atoms with van der Waals surface area (Å²) in [5, 5.41) is 0.112. The van der Waals surface area contributed by atoms with Gasteiger partial charge < -0.3 is 23.1 Å². The Labute approximate surface area is 305 Å². The molecule has 0 radical (unpaired) electrons. The number of cyclic esters (lactones) is 1. The molecule has 2 aliphatic carbocycles. The van der Waals surface area contributed by atoms with Crippen LogP contribution in [0.2, 0.25) is 36.3 Å². The molecule has 0 bridgehead atoms. The van der Waals surface area contributed by atoms with Gasteiger partial charge in [-0.15, -0.1) is 0 Å². The van der Waals surface area contributed by atoms with Gasteiger partial charge in [-0.2, -0.15) is 0 Å². The summed E-state index contributed by atoms with van der Waals surface area (Å²) >= 11 is 0. The average Bonchev–Trinajstić information content (AvgIpc) is 2.98. The third-order valence-electron chi connectivity index (χ3n) is 12.0. The number of ether oxygens (including phenoxy) is 3. The SMILES string of the molecule is CC(C)C(Oc1ccccc1)C(=O)O[C@H]1C[C@H](O[Si](C)(C)C(C)(C)C)C=C2C=C[C@H](C)[C@H](CC[C@@H]3C[C@@H](O[Si](C)(C)C(C)(C)C)CC(=O)O3)[C@H]21. The summed E-state index contributed by atoms with van der Waals surface area (Å²) in [4.78, 5) is 26.9. The van der Waals surface area contributed by atoms with E-state index in [4.69, 9.17) is 23.1 Å². The van der Waals surface area contributed by atoms with E-state index in [1.165, 1.54) is 5.57 Å². The number of benzene rings is 1. The van der Waals surface area contributed by atoms with Gasteiger partial charge in [0.2, 0.25) is 0 Å². The maximum atomic E-state index is 14.0. The monoisotopic (exact) mass is 726 g/mol. The van der Waals surface area contributed by atoms with Crippen molar-refractivity contribution in [2.45, 2.75) is 161 Å². The fraction of sp³-hybridized carbons (Fsp3) is 0.707. The van der Waals surface area contributed by atoms with Crippen LogP contribution in [0.5, 0.6) is 5.75 Å². The van der Waals surface area contributed by atoms with Crippen LogP contribution < -0.4 is 4.74 Å². The second-order valence-corrected chi connectivity index (χ2v) is 27.9. The van der Waals surface area contributed by atoms with Gasteiger partial charge in [-0.3, -0.25) is 4.79 Å².